The molecule has 0 aliphatic heterocycles. The van der Waals surface area contributed by atoms with E-state index >= 15 is 0 Å². The van der Waals surface area contributed by atoms with Crippen LogP contribution in [0.1, 0.15) is 53.1 Å². The smallest absolute Gasteiger partial charge is 0.261 e. The summed E-state index contributed by atoms with van der Waals surface area (Å²) >= 11 is 1.37. The molecule has 0 radical (unpaired) electrons. The van der Waals surface area contributed by atoms with Crippen molar-refractivity contribution in [2.75, 3.05) is 13.2 Å². The van der Waals surface area contributed by atoms with Gasteiger partial charge in [-0.3, -0.25) is 4.79 Å². The predicted octanol–water partition coefficient (Wildman–Crippen LogP) is 2.79. The van der Waals surface area contributed by atoms with Crippen molar-refractivity contribution < 1.29 is 9.90 Å². The number of nitrogens with one attached hydrogen (secondary N) is 1. The molecule has 3 nitrogen and oxygen atoms in total. The first-order valence-corrected chi connectivity index (χ1v) is 8.09. The summed E-state index contributed by atoms with van der Waals surface area (Å²) in [7, 11) is 0. The molecule has 0 saturated heterocycles. The number of carbonyl (C=O) groups is 1. The maximum Gasteiger partial charge on any atom is 0.261 e. The SMILES string of the molecule is O=C(NCCCC1CCCC1)c1ccc(C#CCO)s1. The van der Waals surface area contributed by atoms with Crippen molar-refractivity contribution in [2.24, 2.45) is 5.92 Å². The third-order valence-electron chi connectivity index (χ3n) is 3.67. The van der Waals surface area contributed by atoms with E-state index in [1.807, 2.05) is 6.07 Å². The lowest BCUT2D eigenvalue weighted by atomic mass is 10.0. The predicted molar refractivity (Wildman–Crippen MR) is 81.8 cm³/mol. The number of aliphatic hydroxyl groups is 1. The molecule has 0 atom stereocenters. The van der Waals surface area contributed by atoms with Crippen LogP contribution in [0.4, 0.5) is 0 Å². The number of hydrogen-bond donors (Lipinski definition) is 2. The van der Waals surface area contributed by atoms with Crippen LogP contribution in [0.25, 0.3) is 0 Å². The lowest BCUT2D eigenvalue weighted by Crippen LogP contribution is -2.23. The summed E-state index contributed by atoms with van der Waals surface area (Å²) in [5.74, 6) is 6.27. The Hall–Kier alpha value is -1.31. The number of aliphatic hydroxyl groups excluding tert-OH is 1. The molecule has 1 aromatic rings. The minimum Gasteiger partial charge on any atom is -0.384 e. The monoisotopic (exact) mass is 291 g/mol. The third-order valence-corrected chi connectivity index (χ3v) is 4.67. The lowest BCUT2D eigenvalue weighted by molar-refractivity contribution is 0.0956. The van der Waals surface area contributed by atoms with Gasteiger partial charge in [-0.25, -0.2) is 0 Å². The number of thiophene rings is 1. The van der Waals surface area contributed by atoms with Crippen molar-refractivity contribution in [3.8, 4) is 11.8 Å². The molecule has 20 heavy (non-hydrogen) atoms. The van der Waals surface area contributed by atoms with E-state index in [0.717, 1.165) is 23.8 Å². The van der Waals surface area contributed by atoms with E-state index in [1.54, 1.807) is 6.07 Å². The van der Waals surface area contributed by atoms with E-state index < -0.39 is 0 Å². The molecule has 0 aromatic carbocycles. The van der Waals surface area contributed by atoms with Gasteiger partial charge in [-0.05, 0) is 30.9 Å². The van der Waals surface area contributed by atoms with Crippen LogP contribution in [0.15, 0.2) is 12.1 Å². The van der Waals surface area contributed by atoms with Gasteiger partial charge >= 0.3 is 0 Å². The Labute approximate surface area is 124 Å². The second-order valence-corrected chi connectivity index (χ2v) is 6.26. The third kappa shape index (κ3) is 4.66. The highest BCUT2D eigenvalue weighted by atomic mass is 32.1. The molecule has 1 heterocycles. The standard InChI is InChI=1S/C16H21NO2S/c18-12-4-8-14-9-10-15(20-14)16(19)17-11-3-7-13-5-1-2-6-13/h9-10,13,18H,1-3,5-7,11-12H2,(H,17,19). The first-order chi connectivity index (χ1) is 9.79. The summed E-state index contributed by atoms with van der Waals surface area (Å²) in [6.45, 7) is 0.603. The molecular weight excluding hydrogens is 270 g/mol. The Balaban J connectivity index is 1.69. The minimum absolute atomic E-state index is 0.0153. The van der Waals surface area contributed by atoms with Crippen LogP contribution >= 0.6 is 11.3 Å². The Morgan fingerprint density at radius 1 is 1.40 bits per heavy atom. The van der Waals surface area contributed by atoms with Crippen molar-refractivity contribution in [2.45, 2.75) is 38.5 Å². The number of rotatable bonds is 5. The molecule has 1 aliphatic carbocycles. The minimum atomic E-state index is -0.152. The Morgan fingerprint density at radius 3 is 2.95 bits per heavy atom. The molecule has 1 aliphatic rings. The molecule has 0 spiro atoms. The highest BCUT2D eigenvalue weighted by Crippen LogP contribution is 2.28. The van der Waals surface area contributed by atoms with E-state index in [1.165, 1.54) is 43.4 Å². The normalized spacial score (nSPS) is 14.8. The molecule has 4 heteroatoms. The van der Waals surface area contributed by atoms with Gasteiger partial charge in [0.2, 0.25) is 0 Å². The molecular formula is C16H21NO2S. The molecule has 2 rings (SSSR count). The van der Waals surface area contributed by atoms with Gasteiger partial charge in [0.25, 0.3) is 5.91 Å². The van der Waals surface area contributed by atoms with Crippen LogP contribution in [-0.4, -0.2) is 24.2 Å². The van der Waals surface area contributed by atoms with E-state index in [0.29, 0.717) is 4.88 Å². The van der Waals surface area contributed by atoms with Gasteiger partial charge in [0.15, 0.2) is 0 Å². The summed E-state index contributed by atoms with van der Waals surface area (Å²) in [5.41, 5.74) is 0. The first kappa shape index (κ1) is 15.1. The van der Waals surface area contributed by atoms with E-state index in [-0.39, 0.29) is 12.5 Å². The van der Waals surface area contributed by atoms with E-state index in [9.17, 15) is 4.79 Å². The molecule has 1 fully saturated rings. The average Bonchev–Trinajstić information content (AvgIpc) is 3.12. The maximum atomic E-state index is 11.9. The van der Waals surface area contributed by atoms with E-state index in [4.69, 9.17) is 5.11 Å². The number of amides is 1. The quantitative estimate of drug-likeness (QED) is 0.647. The molecule has 1 aromatic heterocycles. The summed E-state index contributed by atoms with van der Waals surface area (Å²) in [5, 5.41) is 11.6. The van der Waals surface area contributed by atoms with Crippen LogP contribution in [0.5, 0.6) is 0 Å². The topological polar surface area (TPSA) is 49.3 Å². The van der Waals surface area contributed by atoms with Crippen LogP contribution < -0.4 is 5.32 Å². The van der Waals surface area contributed by atoms with Crippen molar-refractivity contribution in [1.29, 1.82) is 0 Å². The fourth-order valence-electron chi connectivity index (χ4n) is 2.63. The van der Waals surface area contributed by atoms with Crippen LogP contribution in [0.2, 0.25) is 0 Å². The largest absolute Gasteiger partial charge is 0.384 e. The zero-order valence-corrected chi connectivity index (χ0v) is 12.5. The summed E-state index contributed by atoms with van der Waals surface area (Å²) in [6, 6.07) is 3.61. The fraction of sp³-hybridized carbons (Fsp3) is 0.562. The van der Waals surface area contributed by atoms with Crippen molar-refractivity contribution >= 4 is 17.2 Å². The van der Waals surface area contributed by atoms with Gasteiger partial charge in [-0.1, -0.05) is 37.5 Å². The molecule has 108 valence electrons. The highest BCUT2D eigenvalue weighted by molar-refractivity contribution is 7.14. The maximum absolute atomic E-state index is 11.9. The molecule has 1 amide bonds. The van der Waals surface area contributed by atoms with Crippen molar-refractivity contribution in [1.82, 2.24) is 5.32 Å². The Kier molecular flexibility index (Phi) is 6.10. The van der Waals surface area contributed by atoms with Crippen LogP contribution in [-0.2, 0) is 0 Å². The van der Waals surface area contributed by atoms with Gasteiger partial charge in [0.05, 0.1) is 9.75 Å². The first-order valence-electron chi connectivity index (χ1n) is 7.27. The Bertz CT molecular complexity index is 492. The highest BCUT2D eigenvalue weighted by Gasteiger charge is 2.14. The molecule has 1 saturated carbocycles. The summed E-state index contributed by atoms with van der Waals surface area (Å²) in [4.78, 5) is 13.4. The van der Waals surface area contributed by atoms with E-state index in [2.05, 4.69) is 17.2 Å². The molecule has 0 bridgehead atoms. The van der Waals surface area contributed by atoms with Gasteiger partial charge in [0, 0.05) is 6.54 Å². The van der Waals surface area contributed by atoms with Crippen molar-refractivity contribution in [3.63, 3.8) is 0 Å². The van der Waals surface area contributed by atoms with Crippen molar-refractivity contribution in [3.05, 3.63) is 21.9 Å². The molecule has 0 unspecified atom stereocenters. The second kappa shape index (κ2) is 8.08. The zero-order chi connectivity index (χ0) is 14.2. The van der Waals surface area contributed by atoms with Gasteiger partial charge in [0.1, 0.15) is 6.61 Å². The molecule has 2 N–H and O–H groups in total. The average molecular weight is 291 g/mol. The zero-order valence-electron chi connectivity index (χ0n) is 11.7. The second-order valence-electron chi connectivity index (χ2n) is 5.17. The fourth-order valence-corrected chi connectivity index (χ4v) is 3.43. The van der Waals surface area contributed by atoms with Gasteiger partial charge in [-0.2, -0.15) is 0 Å². The van der Waals surface area contributed by atoms with Crippen LogP contribution in [0, 0.1) is 17.8 Å². The number of hydrogen-bond acceptors (Lipinski definition) is 3. The lowest BCUT2D eigenvalue weighted by Gasteiger charge is -2.08. The van der Waals surface area contributed by atoms with Gasteiger partial charge < -0.3 is 10.4 Å². The summed E-state index contributed by atoms with van der Waals surface area (Å²) in [6.07, 6.45) is 7.79. The Morgan fingerprint density at radius 2 is 2.20 bits per heavy atom. The summed E-state index contributed by atoms with van der Waals surface area (Å²) < 4.78 is 0. The van der Waals surface area contributed by atoms with Gasteiger partial charge in [-0.15, -0.1) is 11.3 Å². The number of carbonyl (C=O) groups excluding carboxylic acids is 1. The van der Waals surface area contributed by atoms with Crippen LogP contribution in [0.3, 0.4) is 0 Å².